The Balaban J connectivity index is 2.61. The molecule has 0 unspecified atom stereocenters. The number of anilines is 1. The van der Waals surface area contributed by atoms with E-state index in [9.17, 15) is 23.1 Å². The van der Waals surface area contributed by atoms with Crippen LogP contribution in [0.15, 0.2) is 12.1 Å². The van der Waals surface area contributed by atoms with Gasteiger partial charge in [-0.2, -0.15) is 13.2 Å². The Kier molecular flexibility index (Phi) is 2.29. The third kappa shape index (κ3) is 1.70. The van der Waals surface area contributed by atoms with Crippen molar-refractivity contribution in [3.05, 3.63) is 23.3 Å². The monoisotopic (exact) mass is 231 g/mol. The van der Waals surface area contributed by atoms with Crippen LogP contribution in [0.2, 0.25) is 0 Å². The molecule has 86 valence electrons. The summed E-state index contributed by atoms with van der Waals surface area (Å²) in [6, 6.07) is 1.76. The average Bonchev–Trinajstić information content (AvgIpc) is 2.15. The Hall–Kier alpha value is -1.72. The lowest BCUT2D eigenvalue weighted by Crippen LogP contribution is -2.22. The molecule has 3 nitrogen and oxygen atoms in total. The Morgan fingerprint density at radius 1 is 1.25 bits per heavy atom. The molecule has 0 saturated heterocycles. The summed E-state index contributed by atoms with van der Waals surface area (Å²) >= 11 is 0. The summed E-state index contributed by atoms with van der Waals surface area (Å²) in [5.74, 6) is -0.688. The second-order valence-corrected chi connectivity index (χ2v) is 3.53. The predicted octanol–water partition coefficient (Wildman–Crippen LogP) is 2.30. The van der Waals surface area contributed by atoms with E-state index in [0.29, 0.717) is 0 Å². The third-order valence-electron chi connectivity index (χ3n) is 2.46. The van der Waals surface area contributed by atoms with Crippen LogP contribution in [0.3, 0.4) is 0 Å². The second-order valence-electron chi connectivity index (χ2n) is 3.53. The summed E-state index contributed by atoms with van der Waals surface area (Å²) in [4.78, 5) is 11.1. The highest BCUT2D eigenvalue weighted by atomic mass is 19.4. The molecule has 0 aromatic heterocycles. The summed E-state index contributed by atoms with van der Waals surface area (Å²) in [5, 5.41) is 11.6. The molecule has 0 fully saturated rings. The van der Waals surface area contributed by atoms with Gasteiger partial charge in [0.05, 0.1) is 11.3 Å². The summed E-state index contributed by atoms with van der Waals surface area (Å²) in [6.07, 6.45) is -4.33. The first kappa shape index (κ1) is 10.8. The quantitative estimate of drug-likeness (QED) is 0.719. The lowest BCUT2D eigenvalue weighted by atomic mass is 9.97. The van der Waals surface area contributed by atoms with Gasteiger partial charge in [0.25, 0.3) is 0 Å². The number of phenolic OH excluding ortho intramolecular Hbond substituents is 1. The first-order valence-electron chi connectivity index (χ1n) is 4.61. The van der Waals surface area contributed by atoms with E-state index in [1.165, 1.54) is 0 Å². The average molecular weight is 231 g/mol. The normalized spacial score (nSPS) is 15.6. The molecule has 0 radical (unpaired) electrons. The van der Waals surface area contributed by atoms with Crippen LogP contribution < -0.4 is 5.32 Å². The zero-order chi connectivity index (χ0) is 11.9. The molecule has 1 aliphatic rings. The molecule has 0 spiro atoms. The highest BCUT2D eigenvalue weighted by Gasteiger charge is 2.36. The molecule has 0 bridgehead atoms. The molecular formula is C10H8F3NO2. The molecule has 2 rings (SSSR count). The van der Waals surface area contributed by atoms with Crippen molar-refractivity contribution in [2.45, 2.75) is 19.0 Å². The zero-order valence-electron chi connectivity index (χ0n) is 8.06. The molecule has 1 aliphatic heterocycles. The predicted molar refractivity (Wildman–Crippen MR) is 50.1 cm³/mol. The van der Waals surface area contributed by atoms with Crippen molar-refractivity contribution >= 4 is 11.6 Å². The van der Waals surface area contributed by atoms with Crippen LogP contribution in [-0.2, 0) is 17.4 Å². The van der Waals surface area contributed by atoms with Crippen molar-refractivity contribution in [2.24, 2.45) is 0 Å². The molecule has 0 atom stereocenters. The summed E-state index contributed by atoms with van der Waals surface area (Å²) < 4.78 is 37.8. The minimum Gasteiger partial charge on any atom is -0.508 e. The van der Waals surface area contributed by atoms with Crippen molar-refractivity contribution in [1.29, 1.82) is 0 Å². The number of carbonyl (C=O) groups excluding carboxylic acids is 1. The number of phenols is 1. The summed E-state index contributed by atoms with van der Waals surface area (Å²) in [5.41, 5.74) is -1.09. The summed E-state index contributed by atoms with van der Waals surface area (Å²) in [6.45, 7) is 0. The van der Waals surface area contributed by atoms with Crippen LogP contribution in [0.5, 0.6) is 5.75 Å². The van der Waals surface area contributed by atoms with Crippen LogP contribution in [-0.4, -0.2) is 11.0 Å². The molecule has 0 saturated carbocycles. The fourth-order valence-corrected chi connectivity index (χ4v) is 1.71. The fourth-order valence-electron chi connectivity index (χ4n) is 1.71. The van der Waals surface area contributed by atoms with Gasteiger partial charge in [0, 0.05) is 12.0 Å². The number of amides is 1. The Morgan fingerprint density at radius 3 is 2.56 bits per heavy atom. The van der Waals surface area contributed by atoms with Gasteiger partial charge in [-0.1, -0.05) is 0 Å². The maximum atomic E-state index is 12.6. The van der Waals surface area contributed by atoms with E-state index in [1.807, 2.05) is 0 Å². The zero-order valence-corrected chi connectivity index (χ0v) is 8.06. The lowest BCUT2D eigenvalue weighted by molar-refractivity contribution is -0.137. The number of aromatic hydroxyl groups is 1. The topological polar surface area (TPSA) is 49.3 Å². The van der Waals surface area contributed by atoms with Gasteiger partial charge < -0.3 is 10.4 Å². The molecule has 1 amide bonds. The van der Waals surface area contributed by atoms with Gasteiger partial charge in [-0.05, 0) is 18.6 Å². The van der Waals surface area contributed by atoms with E-state index < -0.39 is 17.6 Å². The molecule has 6 heteroatoms. The standard InChI is InChI=1S/C10H8F3NO2/c11-10(12,13)6-2-3-7(15)5-1-4-8(16)14-9(5)6/h2-3,15H,1,4H2,(H,14,16). The minimum atomic E-state index is -4.54. The number of fused-ring (bicyclic) bond motifs is 1. The van der Waals surface area contributed by atoms with Crippen LogP contribution >= 0.6 is 0 Å². The van der Waals surface area contributed by atoms with Crippen molar-refractivity contribution in [3.8, 4) is 5.75 Å². The number of benzene rings is 1. The first-order valence-corrected chi connectivity index (χ1v) is 4.61. The van der Waals surface area contributed by atoms with E-state index in [4.69, 9.17) is 0 Å². The molecular weight excluding hydrogens is 223 g/mol. The Bertz CT molecular complexity index is 454. The maximum absolute atomic E-state index is 12.6. The highest BCUT2D eigenvalue weighted by Crippen LogP contribution is 2.41. The van der Waals surface area contributed by atoms with Crippen LogP contribution in [0.4, 0.5) is 18.9 Å². The number of alkyl halides is 3. The number of hydrogen-bond donors (Lipinski definition) is 2. The summed E-state index contributed by atoms with van der Waals surface area (Å²) in [7, 11) is 0. The van der Waals surface area contributed by atoms with Gasteiger partial charge in [0.15, 0.2) is 0 Å². The van der Waals surface area contributed by atoms with Crippen LogP contribution in [0, 0.1) is 0 Å². The lowest BCUT2D eigenvalue weighted by Gasteiger charge is -2.22. The second kappa shape index (κ2) is 3.40. The molecule has 16 heavy (non-hydrogen) atoms. The van der Waals surface area contributed by atoms with E-state index in [-0.39, 0.29) is 29.8 Å². The van der Waals surface area contributed by atoms with Gasteiger partial charge in [-0.15, -0.1) is 0 Å². The Morgan fingerprint density at radius 2 is 1.94 bits per heavy atom. The van der Waals surface area contributed by atoms with Crippen molar-refractivity contribution in [1.82, 2.24) is 0 Å². The largest absolute Gasteiger partial charge is 0.508 e. The minimum absolute atomic E-state index is 0.0852. The van der Waals surface area contributed by atoms with E-state index in [1.54, 1.807) is 0 Å². The van der Waals surface area contributed by atoms with Crippen LogP contribution in [0.25, 0.3) is 0 Å². The van der Waals surface area contributed by atoms with Crippen molar-refractivity contribution in [3.63, 3.8) is 0 Å². The van der Waals surface area contributed by atoms with Crippen molar-refractivity contribution in [2.75, 3.05) is 5.32 Å². The number of hydrogen-bond acceptors (Lipinski definition) is 2. The van der Waals surface area contributed by atoms with E-state index in [2.05, 4.69) is 5.32 Å². The van der Waals surface area contributed by atoms with Crippen molar-refractivity contribution < 1.29 is 23.1 Å². The molecule has 1 heterocycles. The number of carbonyl (C=O) groups is 1. The molecule has 1 aromatic rings. The fraction of sp³-hybridized carbons (Fsp3) is 0.300. The SMILES string of the molecule is O=C1CCc2c(O)ccc(C(F)(F)F)c2N1. The maximum Gasteiger partial charge on any atom is 0.418 e. The molecule has 0 aliphatic carbocycles. The highest BCUT2D eigenvalue weighted by molar-refractivity contribution is 5.95. The van der Waals surface area contributed by atoms with Gasteiger partial charge in [0.2, 0.25) is 5.91 Å². The van der Waals surface area contributed by atoms with Gasteiger partial charge in [0.1, 0.15) is 5.75 Å². The number of nitrogens with one attached hydrogen (secondary N) is 1. The number of rotatable bonds is 0. The molecule has 2 N–H and O–H groups in total. The third-order valence-corrected chi connectivity index (χ3v) is 2.46. The van der Waals surface area contributed by atoms with Gasteiger partial charge >= 0.3 is 6.18 Å². The Labute approximate surface area is 88.9 Å². The van der Waals surface area contributed by atoms with E-state index in [0.717, 1.165) is 12.1 Å². The smallest absolute Gasteiger partial charge is 0.418 e. The van der Waals surface area contributed by atoms with Gasteiger partial charge in [-0.3, -0.25) is 4.79 Å². The first-order chi connectivity index (χ1) is 7.39. The van der Waals surface area contributed by atoms with E-state index >= 15 is 0 Å². The van der Waals surface area contributed by atoms with Crippen LogP contribution in [0.1, 0.15) is 17.5 Å². The molecule has 1 aromatic carbocycles. The van der Waals surface area contributed by atoms with Gasteiger partial charge in [-0.25, -0.2) is 0 Å². The number of halogens is 3.